The summed E-state index contributed by atoms with van der Waals surface area (Å²) in [6, 6.07) is 67.4. The van der Waals surface area contributed by atoms with Crippen molar-refractivity contribution < 1.29 is 0 Å². The first-order valence-electron chi connectivity index (χ1n) is 19.2. The molecule has 0 radical (unpaired) electrons. The van der Waals surface area contributed by atoms with Crippen molar-refractivity contribution in [3.63, 3.8) is 0 Å². The molecular weight excluding hydrogens is 727 g/mol. The summed E-state index contributed by atoms with van der Waals surface area (Å²) in [5.41, 5.74) is 10.8. The maximum Gasteiger partial charge on any atom is 0.164 e. The molecule has 0 saturated heterocycles. The normalized spacial score (nSPS) is 11.4. The lowest BCUT2D eigenvalue weighted by atomic mass is 9.93. The summed E-state index contributed by atoms with van der Waals surface area (Å²) in [5.74, 6) is 1.77. The van der Waals surface area contributed by atoms with Crippen molar-refractivity contribution in [1.82, 2.24) is 19.5 Å². The number of nitrogens with zero attached hydrogens (tertiary/aromatic N) is 5. The van der Waals surface area contributed by atoms with Crippen LogP contribution >= 0.6 is 11.3 Å². The van der Waals surface area contributed by atoms with Gasteiger partial charge in [0.2, 0.25) is 0 Å². The largest absolute Gasteiger partial charge is 0.309 e. The molecular formula is C52H31N5S. The summed E-state index contributed by atoms with van der Waals surface area (Å²) in [6.45, 7) is 0. The minimum absolute atomic E-state index is 0.576. The van der Waals surface area contributed by atoms with E-state index in [-0.39, 0.29) is 0 Å². The molecule has 0 saturated carbocycles. The van der Waals surface area contributed by atoms with Crippen LogP contribution in [0.4, 0.5) is 0 Å². The van der Waals surface area contributed by atoms with Crippen LogP contribution in [-0.4, -0.2) is 19.5 Å². The summed E-state index contributed by atoms with van der Waals surface area (Å²) < 4.78 is 4.81. The number of para-hydroxylation sites is 2. The molecule has 270 valence electrons. The summed E-state index contributed by atoms with van der Waals surface area (Å²) in [5, 5.41) is 14.3. The highest BCUT2D eigenvalue weighted by Gasteiger charge is 2.21. The van der Waals surface area contributed by atoms with E-state index in [2.05, 4.69) is 138 Å². The first-order valence-corrected chi connectivity index (χ1v) is 20.0. The third-order valence-corrected chi connectivity index (χ3v) is 12.0. The minimum Gasteiger partial charge on any atom is -0.309 e. The zero-order chi connectivity index (χ0) is 38.6. The molecule has 0 bridgehead atoms. The van der Waals surface area contributed by atoms with E-state index in [4.69, 9.17) is 15.0 Å². The molecule has 8 aromatic carbocycles. The van der Waals surface area contributed by atoms with Gasteiger partial charge >= 0.3 is 0 Å². The fourth-order valence-electron chi connectivity index (χ4n) is 8.23. The number of benzene rings is 8. The Kier molecular flexibility index (Phi) is 7.99. The predicted molar refractivity (Wildman–Crippen MR) is 239 cm³/mol. The Morgan fingerprint density at radius 1 is 0.414 bits per heavy atom. The molecule has 0 atom stereocenters. The lowest BCUT2D eigenvalue weighted by molar-refractivity contribution is 1.08. The average molecular weight is 758 g/mol. The van der Waals surface area contributed by atoms with E-state index >= 15 is 0 Å². The molecule has 5 nitrogen and oxygen atoms in total. The maximum atomic E-state index is 9.60. The van der Waals surface area contributed by atoms with Crippen LogP contribution in [0.5, 0.6) is 0 Å². The quantitative estimate of drug-likeness (QED) is 0.169. The minimum atomic E-state index is 0.576. The summed E-state index contributed by atoms with van der Waals surface area (Å²) in [4.78, 5) is 15.8. The van der Waals surface area contributed by atoms with Gasteiger partial charge in [-0.25, -0.2) is 15.0 Å². The number of fused-ring (bicyclic) bond motifs is 6. The van der Waals surface area contributed by atoms with Gasteiger partial charge in [-0.15, -0.1) is 11.3 Å². The van der Waals surface area contributed by atoms with Crippen LogP contribution in [0.2, 0.25) is 0 Å². The number of aromatic nitrogens is 4. The van der Waals surface area contributed by atoms with Gasteiger partial charge in [-0.2, -0.15) is 5.26 Å². The SMILES string of the molecule is N#Cc1ccc(-c2cc(-c3nc(-c4ccccc4)nc(-c4cccc5c4c4ccccc4n5-c4ccccc4)n3)cc(-c3cccc4sc5ccccc5c34)c2)cc1. The number of nitriles is 1. The fourth-order valence-corrected chi connectivity index (χ4v) is 9.37. The molecule has 58 heavy (non-hydrogen) atoms. The molecule has 0 unspecified atom stereocenters. The topological polar surface area (TPSA) is 67.4 Å². The second kappa shape index (κ2) is 13.8. The van der Waals surface area contributed by atoms with Gasteiger partial charge < -0.3 is 4.57 Å². The van der Waals surface area contributed by atoms with Gasteiger partial charge in [0.05, 0.1) is 22.7 Å². The highest BCUT2D eigenvalue weighted by Crippen LogP contribution is 2.43. The molecule has 0 N–H and O–H groups in total. The van der Waals surface area contributed by atoms with Gasteiger partial charge in [0, 0.05) is 53.3 Å². The molecule has 0 aliphatic rings. The summed E-state index contributed by atoms with van der Waals surface area (Å²) in [7, 11) is 0. The number of thiophene rings is 1. The van der Waals surface area contributed by atoms with Crippen LogP contribution in [0.25, 0.3) is 104 Å². The highest BCUT2D eigenvalue weighted by molar-refractivity contribution is 7.25. The van der Waals surface area contributed by atoms with Gasteiger partial charge in [0.25, 0.3) is 0 Å². The highest BCUT2D eigenvalue weighted by atomic mass is 32.1. The smallest absolute Gasteiger partial charge is 0.164 e. The Morgan fingerprint density at radius 3 is 1.83 bits per heavy atom. The van der Waals surface area contributed by atoms with Crippen molar-refractivity contribution in [2.45, 2.75) is 0 Å². The molecule has 3 heterocycles. The molecule has 0 aliphatic heterocycles. The Labute approximate surface area is 338 Å². The maximum absolute atomic E-state index is 9.60. The third kappa shape index (κ3) is 5.64. The van der Waals surface area contributed by atoms with Crippen molar-refractivity contribution >= 4 is 53.3 Å². The van der Waals surface area contributed by atoms with Gasteiger partial charge in [-0.3, -0.25) is 0 Å². The Balaban J connectivity index is 1.19. The lowest BCUT2D eigenvalue weighted by Crippen LogP contribution is -2.01. The first-order chi connectivity index (χ1) is 28.7. The Bertz CT molecular complexity index is 3400. The average Bonchev–Trinajstić information content (AvgIpc) is 3.85. The molecule has 11 aromatic rings. The van der Waals surface area contributed by atoms with E-state index in [1.807, 2.05) is 72.0 Å². The van der Waals surface area contributed by atoms with E-state index in [1.165, 1.54) is 20.2 Å². The van der Waals surface area contributed by atoms with Crippen molar-refractivity contribution in [2.24, 2.45) is 0 Å². The van der Waals surface area contributed by atoms with Gasteiger partial charge in [0.15, 0.2) is 17.5 Å². The van der Waals surface area contributed by atoms with Crippen molar-refractivity contribution in [1.29, 1.82) is 5.26 Å². The van der Waals surface area contributed by atoms with Gasteiger partial charge in [-0.1, -0.05) is 121 Å². The van der Waals surface area contributed by atoms with E-state index in [0.717, 1.165) is 66.4 Å². The zero-order valence-electron chi connectivity index (χ0n) is 31.0. The van der Waals surface area contributed by atoms with Crippen LogP contribution < -0.4 is 0 Å². The molecule has 0 amide bonds. The van der Waals surface area contributed by atoms with Crippen molar-refractivity contribution in [2.75, 3.05) is 0 Å². The molecule has 0 fully saturated rings. The van der Waals surface area contributed by atoms with E-state index in [1.54, 1.807) is 0 Å². The van der Waals surface area contributed by atoms with E-state index < -0.39 is 0 Å². The second-order valence-electron chi connectivity index (χ2n) is 14.3. The van der Waals surface area contributed by atoms with Crippen LogP contribution in [0.15, 0.2) is 188 Å². The monoisotopic (exact) mass is 757 g/mol. The number of hydrogen-bond donors (Lipinski definition) is 0. The van der Waals surface area contributed by atoms with Gasteiger partial charge in [-0.05, 0) is 89.0 Å². The molecule has 6 heteroatoms. The summed E-state index contributed by atoms with van der Waals surface area (Å²) in [6.07, 6.45) is 0. The van der Waals surface area contributed by atoms with Crippen LogP contribution in [0, 0.1) is 11.3 Å². The third-order valence-electron chi connectivity index (χ3n) is 10.9. The summed E-state index contributed by atoms with van der Waals surface area (Å²) >= 11 is 1.81. The molecule has 11 rings (SSSR count). The second-order valence-corrected chi connectivity index (χ2v) is 15.4. The van der Waals surface area contributed by atoms with E-state index in [9.17, 15) is 5.26 Å². The van der Waals surface area contributed by atoms with Gasteiger partial charge in [0.1, 0.15) is 0 Å². The van der Waals surface area contributed by atoms with Crippen LogP contribution in [0.1, 0.15) is 5.56 Å². The lowest BCUT2D eigenvalue weighted by Gasteiger charge is -2.14. The van der Waals surface area contributed by atoms with E-state index in [0.29, 0.717) is 23.0 Å². The standard InChI is InChI=1S/C52H31N5S/c53-32-33-25-27-34(28-26-33)36-29-37(40-19-12-24-47-49(40)42-18-8-10-23-46(42)58-47)31-38(30-36)51-54-50(35-13-3-1-4-14-35)55-52(56-51)43-20-11-22-45-48(43)41-17-7-9-21-44(41)57(45)39-15-5-2-6-16-39/h1-31H. The van der Waals surface area contributed by atoms with Crippen LogP contribution in [-0.2, 0) is 0 Å². The first kappa shape index (κ1) is 33.6. The predicted octanol–water partition coefficient (Wildman–Crippen LogP) is 13.5. The zero-order valence-corrected chi connectivity index (χ0v) is 31.9. The number of hydrogen-bond acceptors (Lipinski definition) is 5. The fraction of sp³-hybridized carbons (Fsp3) is 0. The Morgan fingerprint density at radius 2 is 1.02 bits per heavy atom. The molecule has 0 aliphatic carbocycles. The molecule has 3 aromatic heterocycles. The molecule has 0 spiro atoms. The van der Waals surface area contributed by atoms with Crippen molar-refractivity contribution in [3.8, 4) is 68.2 Å². The van der Waals surface area contributed by atoms with Crippen molar-refractivity contribution in [3.05, 3.63) is 194 Å². The van der Waals surface area contributed by atoms with Crippen LogP contribution in [0.3, 0.4) is 0 Å². The Hall–Kier alpha value is -7.72. The number of rotatable bonds is 6.